The number of aromatic nitrogens is 4. The Morgan fingerprint density at radius 2 is 1.84 bits per heavy atom. The smallest absolute Gasteiger partial charge is 0.223 e. The van der Waals surface area contributed by atoms with E-state index in [1.807, 2.05) is 24.3 Å². The van der Waals surface area contributed by atoms with E-state index in [1.165, 1.54) is 5.56 Å². The van der Waals surface area contributed by atoms with Crippen molar-refractivity contribution >= 4 is 22.5 Å². The monoisotopic (exact) mass is 331 g/mol. The Morgan fingerprint density at radius 1 is 1.04 bits per heavy atom. The highest BCUT2D eigenvalue weighted by molar-refractivity contribution is 5.95. The van der Waals surface area contributed by atoms with Gasteiger partial charge in [-0.2, -0.15) is 4.52 Å². The number of anilines is 1. The lowest BCUT2D eigenvalue weighted by Gasteiger charge is -2.10. The van der Waals surface area contributed by atoms with Gasteiger partial charge in [-0.15, -0.1) is 5.10 Å². The van der Waals surface area contributed by atoms with Crippen molar-refractivity contribution in [2.24, 2.45) is 0 Å². The fourth-order valence-electron chi connectivity index (χ4n) is 3.52. The number of ether oxygens (including phenoxy) is 1. The number of nitrogen functional groups attached to an aromatic ring is 1. The van der Waals surface area contributed by atoms with E-state index in [1.54, 1.807) is 11.6 Å². The SMILES string of the molecule is COc1cccc2c1nc(N)n1nc(C3(c4ccccc4)CC3)nc21. The molecule has 2 aromatic heterocycles. The maximum atomic E-state index is 6.16. The molecule has 1 aliphatic carbocycles. The minimum absolute atomic E-state index is 0.106. The highest BCUT2D eigenvalue weighted by Crippen LogP contribution is 2.52. The Balaban J connectivity index is 1.78. The lowest BCUT2D eigenvalue weighted by Crippen LogP contribution is -2.11. The van der Waals surface area contributed by atoms with Crippen LogP contribution in [0.25, 0.3) is 16.6 Å². The van der Waals surface area contributed by atoms with E-state index in [0.717, 1.165) is 29.7 Å². The summed E-state index contributed by atoms with van der Waals surface area (Å²) in [5, 5.41) is 5.59. The third-order valence-electron chi connectivity index (χ3n) is 5.01. The lowest BCUT2D eigenvalue weighted by molar-refractivity contribution is 0.419. The van der Waals surface area contributed by atoms with Crippen LogP contribution in [0.2, 0.25) is 0 Å². The van der Waals surface area contributed by atoms with E-state index < -0.39 is 0 Å². The van der Waals surface area contributed by atoms with Gasteiger partial charge in [-0.25, -0.2) is 9.97 Å². The number of nitrogens with two attached hydrogens (primary N) is 1. The summed E-state index contributed by atoms with van der Waals surface area (Å²) >= 11 is 0. The fourth-order valence-corrected chi connectivity index (χ4v) is 3.52. The van der Waals surface area contributed by atoms with E-state index in [0.29, 0.717) is 17.2 Å². The summed E-state index contributed by atoms with van der Waals surface area (Å²) in [4.78, 5) is 9.34. The van der Waals surface area contributed by atoms with Crippen molar-refractivity contribution in [3.05, 3.63) is 59.9 Å². The minimum atomic E-state index is -0.106. The average Bonchev–Trinajstić information content (AvgIpc) is 3.34. The number of rotatable bonds is 3. The maximum Gasteiger partial charge on any atom is 0.223 e. The summed E-state index contributed by atoms with van der Waals surface area (Å²) < 4.78 is 7.05. The summed E-state index contributed by atoms with van der Waals surface area (Å²) in [5.41, 5.74) is 8.73. The van der Waals surface area contributed by atoms with Crippen molar-refractivity contribution in [1.82, 2.24) is 19.6 Å². The Morgan fingerprint density at radius 3 is 2.56 bits per heavy atom. The molecule has 6 heteroatoms. The number of nitrogens with zero attached hydrogens (tertiary/aromatic N) is 4. The molecule has 0 amide bonds. The third-order valence-corrected chi connectivity index (χ3v) is 5.01. The zero-order valence-corrected chi connectivity index (χ0v) is 13.8. The molecule has 0 saturated heterocycles. The summed E-state index contributed by atoms with van der Waals surface area (Å²) in [6, 6.07) is 16.2. The first-order valence-corrected chi connectivity index (χ1v) is 8.28. The molecule has 1 fully saturated rings. The Kier molecular flexibility index (Phi) is 2.80. The van der Waals surface area contributed by atoms with Crippen LogP contribution < -0.4 is 10.5 Å². The quantitative estimate of drug-likeness (QED) is 0.624. The van der Waals surface area contributed by atoms with E-state index in [-0.39, 0.29) is 5.41 Å². The first kappa shape index (κ1) is 14.2. The Hall–Kier alpha value is -3.15. The number of para-hydroxylation sites is 1. The van der Waals surface area contributed by atoms with Crippen LogP contribution in [0.15, 0.2) is 48.5 Å². The summed E-state index contributed by atoms with van der Waals surface area (Å²) in [5.74, 6) is 1.80. The van der Waals surface area contributed by atoms with Gasteiger partial charge in [0.2, 0.25) is 5.95 Å². The molecular weight excluding hydrogens is 314 g/mol. The van der Waals surface area contributed by atoms with Crippen LogP contribution in [0, 0.1) is 0 Å². The summed E-state index contributed by atoms with van der Waals surface area (Å²) in [7, 11) is 1.63. The molecule has 25 heavy (non-hydrogen) atoms. The Labute approximate surface area is 144 Å². The largest absolute Gasteiger partial charge is 0.494 e. The van der Waals surface area contributed by atoms with Gasteiger partial charge >= 0.3 is 0 Å². The molecule has 0 aliphatic heterocycles. The van der Waals surface area contributed by atoms with E-state index in [4.69, 9.17) is 20.6 Å². The molecule has 0 unspecified atom stereocenters. The van der Waals surface area contributed by atoms with Crippen molar-refractivity contribution in [2.75, 3.05) is 12.8 Å². The van der Waals surface area contributed by atoms with Crippen molar-refractivity contribution in [3.8, 4) is 5.75 Å². The van der Waals surface area contributed by atoms with Gasteiger partial charge in [0.25, 0.3) is 0 Å². The molecule has 4 aromatic rings. The number of hydrogen-bond donors (Lipinski definition) is 1. The first-order chi connectivity index (χ1) is 12.2. The van der Waals surface area contributed by atoms with Crippen molar-refractivity contribution in [2.45, 2.75) is 18.3 Å². The molecule has 2 N–H and O–H groups in total. The van der Waals surface area contributed by atoms with Crippen molar-refractivity contribution in [1.29, 1.82) is 0 Å². The second-order valence-electron chi connectivity index (χ2n) is 6.45. The van der Waals surface area contributed by atoms with Crippen LogP contribution in [0.1, 0.15) is 24.2 Å². The fraction of sp³-hybridized carbons (Fsp3) is 0.211. The van der Waals surface area contributed by atoms with Gasteiger partial charge in [-0.1, -0.05) is 36.4 Å². The van der Waals surface area contributed by atoms with Gasteiger partial charge in [-0.3, -0.25) is 0 Å². The van der Waals surface area contributed by atoms with Gasteiger partial charge in [-0.05, 0) is 30.5 Å². The molecular formula is C19H17N5O. The molecule has 124 valence electrons. The molecule has 6 nitrogen and oxygen atoms in total. The van der Waals surface area contributed by atoms with Crippen LogP contribution in [-0.2, 0) is 5.41 Å². The molecule has 0 bridgehead atoms. The van der Waals surface area contributed by atoms with E-state index >= 15 is 0 Å². The molecule has 0 spiro atoms. The molecule has 1 aliphatic rings. The van der Waals surface area contributed by atoms with Gasteiger partial charge in [0.05, 0.1) is 12.5 Å². The summed E-state index contributed by atoms with van der Waals surface area (Å²) in [6.45, 7) is 0. The lowest BCUT2D eigenvalue weighted by atomic mass is 9.95. The molecule has 0 atom stereocenters. The number of methoxy groups -OCH3 is 1. The van der Waals surface area contributed by atoms with Crippen LogP contribution >= 0.6 is 0 Å². The standard InChI is InChI=1S/C19H17N5O/c1-25-14-9-5-8-13-15(14)21-18(20)24-16(13)22-17(23-24)19(10-11-19)12-6-3-2-4-7-12/h2-9H,10-11H2,1H3,(H2,20,21). The van der Waals surface area contributed by atoms with Crippen LogP contribution in [0.5, 0.6) is 5.75 Å². The zero-order valence-electron chi connectivity index (χ0n) is 13.8. The molecule has 2 heterocycles. The maximum absolute atomic E-state index is 6.16. The highest BCUT2D eigenvalue weighted by Gasteiger charge is 2.49. The topological polar surface area (TPSA) is 78.3 Å². The average molecular weight is 331 g/mol. The second-order valence-corrected chi connectivity index (χ2v) is 6.45. The van der Waals surface area contributed by atoms with Gasteiger partial charge in [0.1, 0.15) is 11.3 Å². The van der Waals surface area contributed by atoms with E-state index in [2.05, 4.69) is 29.2 Å². The first-order valence-electron chi connectivity index (χ1n) is 8.28. The molecule has 0 radical (unpaired) electrons. The predicted octanol–water partition coefficient (Wildman–Crippen LogP) is 2.95. The van der Waals surface area contributed by atoms with Crippen molar-refractivity contribution in [3.63, 3.8) is 0 Å². The second kappa shape index (κ2) is 4.92. The number of fused-ring (bicyclic) bond motifs is 3. The van der Waals surface area contributed by atoms with Gasteiger partial charge in [0.15, 0.2) is 11.5 Å². The van der Waals surface area contributed by atoms with Crippen LogP contribution in [0.3, 0.4) is 0 Å². The van der Waals surface area contributed by atoms with Crippen LogP contribution in [0.4, 0.5) is 5.95 Å². The number of hydrogen-bond acceptors (Lipinski definition) is 5. The highest BCUT2D eigenvalue weighted by atomic mass is 16.5. The Bertz CT molecular complexity index is 1100. The normalized spacial score (nSPS) is 15.6. The third kappa shape index (κ3) is 1.94. The number of benzene rings is 2. The van der Waals surface area contributed by atoms with Crippen LogP contribution in [-0.4, -0.2) is 26.7 Å². The van der Waals surface area contributed by atoms with E-state index in [9.17, 15) is 0 Å². The van der Waals surface area contributed by atoms with Gasteiger partial charge in [0, 0.05) is 5.39 Å². The molecule has 1 saturated carbocycles. The summed E-state index contributed by atoms with van der Waals surface area (Å²) in [6.07, 6.45) is 2.09. The predicted molar refractivity (Wildman–Crippen MR) is 95.7 cm³/mol. The zero-order chi connectivity index (χ0) is 17.0. The van der Waals surface area contributed by atoms with Crippen molar-refractivity contribution < 1.29 is 4.74 Å². The molecule has 5 rings (SSSR count). The molecule has 2 aromatic carbocycles. The minimum Gasteiger partial charge on any atom is -0.494 e. The van der Waals surface area contributed by atoms with Gasteiger partial charge < -0.3 is 10.5 Å².